The van der Waals surface area contributed by atoms with Gasteiger partial charge in [0.15, 0.2) is 0 Å². The van der Waals surface area contributed by atoms with Crippen LogP contribution in [0.1, 0.15) is 31.3 Å². The van der Waals surface area contributed by atoms with Crippen molar-refractivity contribution in [3.63, 3.8) is 0 Å². The summed E-state index contributed by atoms with van der Waals surface area (Å²) in [5.74, 6) is 2.38. The molecule has 6 heteroatoms. The summed E-state index contributed by atoms with van der Waals surface area (Å²) in [6.07, 6.45) is 0.969. The Morgan fingerprint density at radius 2 is 2.30 bits per heavy atom. The molecule has 0 aliphatic carbocycles. The Morgan fingerprint density at radius 1 is 1.43 bits per heavy atom. The number of hydrogen-bond acceptors (Lipinski definition) is 6. The van der Waals surface area contributed by atoms with Crippen molar-refractivity contribution in [1.82, 2.24) is 9.36 Å². The molecule has 2 heterocycles. The number of aromatic nitrogens is 2. The second-order valence-corrected chi connectivity index (χ2v) is 6.90. The van der Waals surface area contributed by atoms with Crippen LogP contribution in [0.3, 0.4) is 0 Å². The van der Waals surface area contributed by atoms with Crippen LogP contribution in [-0.4, -0.2) is 36.2 Å². The van der Waals surface area contributed by atoms with Gasteiger partial charge in [-0.25, -0.2) is 4.98 Å². The first-order valence-corrected chi connectivity index (χ1v) is 8.76. The van der Waals surface area contributed by atoms with Crippen molar-refractivity contribution in [1.29, 1.82) is 0 Å². The highest BCUT2D eigenvalue weighted by molar-refractivity contribution is 7.09. The standard InChI is InChI=1S/C17H23N3O2S/c1-12(2)9-16-18-17(23-19-16)20-7-8-22-15(11-20)13-5-4-6-14(10-13)21-3/h4-6,10,12,15H,7-9,11H2,1-3H3. The number of methoxy groups -OCH3 is 1. The highest BCUT2D eigenvalue weighted by atomic mass is 32.1. The Labute approximate surface area is 141 Å². The number of nitrogens with zero attached hydrogens (tertiary/aromatic N) is 3. The summed E-state index contributed by atoms with van der Waals surface area (Å²) in [5, 5.41) is 0.997. The van der Waals surface area contributed by atoms with Crippen LogP contribution in [0.2, 0.25) is 0 Å². The number of morpholine rings is 1. The lowest BCUT2D eigenvalue weighted by atomic mass is 10.1. The number of ether oxygens (including phenoxy) is 2. The quantitative estimate of drug-likeness (QED) is 0.840. The van der Waals surface area contributed by atoms with Crippen molar-refractivity contribution in [3.8, 4) is 5.75 Å². The number of hydrogen-bond donors (Lipinski definition) is 0. The van der Waals surface area contributed by atoms with E-state index < -0.39 is 0 Å². The Hall–Kier alpha value is -1.66. The third-order valence-electron chi connectivity index (χ3n) is 3.85. The topological polar surface area (TPSA) is 47.5 Å². The molecule has 5 nitrogen and oxygen atoms in total. The van der Waals surface area contributed by atoms with Crippen LogP contribution < -0.4 is 9.64 Å². The predicted octanol–water partition coefficient (Wildman–Crippen LogP) is 3.32. The molecular weight excluding hydrogens is 310 g/mol. The second-order valence-electron chi connectivity index (χ2n) is 6.17. The lowest BCUT2D eigenvalue weighted by Gasteiger charge is -2.32. The van der Waals surface area contributed by atoms with Gasteiger partial charge in [-0.2, -0.15) is 4.37 Å². The van der Waals surface area contributed by atoms with Gasteiger partial charge in [0.05, 0.1) is 20.3 Å². The van der Waals surface area contributed by atoms with Gasteiger partial charge < -0.3 is 14.4 Å². The first kappa shape index (κ1) is 16.2. The minimum absolute atomic E-state index is 0.0382. The first-order chi connectivity index (χ1) is 11.2. The molecule has 0 saturated carbocycles. The van der Waals surface area contributed by atoms with Crippen LogP contribution >= 0.6 is 11.5 Å². The molecule has 0 bridgehead atoms. The molecule has 0 N–H and O–H groups in total. The molecule has 0 radical (unpaired) electrons. The fourth-order valence-electron chi connectivity index (χ4n) is 2.69. The van der Waals surface area contributed by atoms with E-state index in [-0.39, 0.29) is 6.10 Å². The molecule has 124 valence electrons. The van der Waals surface area contributed by atoms with E-state index in [0.29, 0.717) is 12.5 Å². The van der Waals surface area contributed by atoms with Crippen LogP contribution in [0.4, 0.5) is 5.13 Å². The summed E-state index contributed by atoms with van der Waals surface area (Å²) in [7, 11) is 1.69. The van der Waals surface area contributed by atoms with Crippen LogP contribution in [0.5, 0.6) is 5.75 Å². The number of benzene rings is 1. The second kappa shape index (κ2) is 7.27. The summed E-state index contributed by atoms with van der Waals surface area (Å²) in [6.45, 7) is 6.73. The van der Waals surface area contributed by atoms with Crippen molar-refractivity contribution in [3.05, 3.63) is 35.7 Å². The molecule has 1 unspecified atom stereocenters. The summed E-state index contributed by atoms with van der Waals surface area (Å²) < 4.78 is 15.7. The molecule has 0 spiro atoms. The van der Waals surface area contributed by atoms with Gasteiger partial charge >= 0.3 is 0 Å². The lowest BCUT2D eigenvalue weighted by Crippen LogP contribution is -2.38. The number of rotatable bonds is 5. The Balaban J connectivity index is 1.71. The predicted molar refractivity (Wildman–Crippen MR) is 92.4 cm³/mol. The normalized spacial score (nSPS) is 18.4. The Morgan fingerprint density at radius 3 is 3.09 bits per heavy atom. The van der Waals surface area contributed by atoms with Gasteiger partial charge in [0.2, 0.25) is 5.13 Å². The third-order valence-corrected chi connectivity index (χ3v) is 4.67. The maximum Gasteiger partial charge on any atom is 0.205 e. The molecule has 1 saturated heterocycles. The van der Waals surface area contributed by atoms with Crippen LogP contribution in [-0.2, 0) is 11.2 Å². The van der Waals surface area contributed by atoms with E-state index in [1.165, 1.54) is 11.5 Å². The van der Waals surface area contributed by atoms with Crippen molar-refractivity contribution in [2.24, 2.45) is 5.92 Å². The van der Waals surface area contributed by atoms with E-state index in [4.69, 9.17) is 9.47 Å². The highest BCUT2D eigenvalue weighted by Gasteiger charge is 2.24. The van der Waals surface area contributed by atoms with Crippen LogP contribution in [0.15, 0.2) is 24.3 Å². The molecule has 1 aliphatic heterocycles. The maximum absolute atomic E-state index is 5.95. The van der Waals surface area contributed by atoms with E-state index in [9.17, 15) is 0 Å². The number of anilines is 1. The minimum atomic E-state index is 0.0382. The van der Waals surface area contributed by atoms with Gasteiger partial charge in [0.25, 0.3) is 0 Å². The van der Waals surface area contributed by atoms with E-state index in [1.807, 2.05) is 18.2 Å². The smallest absolute Gasteiger partial charge is 0.205 e. The van der Waals surface area contributed by atoms with Crippen LogP contribution in [0, 0.1) is 5.92 Å². The van der Waals surface area contributed by atoms with E-state index >= 15 is 0 Å². The van der Waals surface area contributed by atoms with Crippen molar-refractivity contribution >= 4 is 16.7 Å². The molecular formula is C17H23N3O2S. The Bertz CT molecular complexity index is 644. The molecule has 1 fully saturated rings. The van der Waals surface area contributed by atoms with Gasteiger partial charge in [-0.05, 0) is 23.6 Å². The third kappa shape index (κ3) is 4.00. The van der Waals surface area contributed by atoms with Gasteiger partial charge in [-0.15, -0.1) is 0 Å². The minimum Gasteiger partial charge on any atom is -0.497 e. The molecule has 0 amide bonds. The summed E-state index contributed by atoms with van der Waals surface area (Å²) in [5.41, 5.74) is 1.14. The van der Waals surface area contributed by atoms with E-state index in [0.717, 1.165) is 41.8 Å². The average Bonchev–Trinajstić information content (AvgIpc) is 3.03. The van der Waals surface area contributed by atoms with Gasteiger partial charge in [-0.3, -0.25) is 0 Å². The average molecular weight is 333 g/mol. The summed E-state index contributed by atoms with van der Waals surface area (Å²) >= 11 is 1.49. The van der Waals surface area contributed by atoms with Gasteiger partial charge in [-0.1, -0.05) is 26.0 Å². The monoisotopic (exact) mass is 333 g/mol. The molecule has 23 heavy (non-hydrogen) atoms. The molecule has 1 aliphatic rings. The first-order valence-electron chi connectivity index (χ1n) is 7.99. The highest BCUT2D eigenvalue weighted by Crippen LogP contribution is 2.29. The fraction of sp³-hybridized carbons (Fsp3) is 0.529. The largest absolute Gasteiger partial charge is 0.497 e. The van der Waals surface area contributed by atoms with Crippen molar-refractivity contribution in [2.45, 2.75) is 26.4 Å². The van der Waals surface area contributed by atoms with Gasteiger partial charge in [0.1, 0.15) is 17.7 Å². The molecule has 1 aromatic carbocycles. The zero-order chi connectivity index (χ0) is 16.2. The van der Waals surface area contributed by atoms with Crippen molar-refractivity contribution < 1.29 is 9.47 Å². The molecule has 2 aromatic rings. The van der Waals surface area contributed by atoms with E-state index in [2.05, 4.69) is 34.2 Å². The molecule has 3 rings (SSSR count). The van der Waals surface area contributed by atoms with E-state index in [1.54, 1.807) is 7.11 Å². The van der Waals surface area contributed by atoms with Crippen molar-refractivity contribution in [2.75, 3.05) is 31.7 Å². The Kier molecular flexibility index (Phi) is 5.13. The summed E-state index contributed by atoms with van der Waals surface area (Å²) in [4.78, 5) is 6.96. The molecule has 1 aromatic heterocycles. The zero-order valence-corrected chi connectivity index (χ0v) is 14.7. The van der Waals surface area contributed by atoms with Crippen LogP contribution in [0.25, 0.3) is 0 Å². The SMILES string of the molecule is COc1cccc(C2CN(c3nc(CC(C)C)ns3)CCO2)c1. The summed E-state index contributed by atoms with van der Waals surface area (Å²) in [6, 6.07) is 8.08. The lowest BCUT2D eigenvalue weighted by molar-refractivity contribution is 0.0396. The van der Waals surface area contributed by atoms with Gasteiger partial charge in [0, 0.05) is 24.5 Å². The fourth-order valence-corrected chi connectivity index (χ4v) is 3.42. The zero-order valence-electron chi connectivity index (χ0n) is 13.9. The maximum atomic E-state index is 5.95. The molecule has 1 atom stereocenters.